The van der Waals surface area contributed by atoms with E-state index in [1.54, 1.807) is 11.3 Å². The first-order valence-corrected chi connectivity index (χ1v) is 8.85. The van der Waals surface area contributed by atoms with Crippen LogP contribution < -0.4 is 5.32 Å². The fourth-order valence-electron chi connectivity index (χ4n) is 2.06. The fourth-order valence-corrected chi connectivity index (χ4v) is 4.84. The van der Waals surface area contributed by atoms with E-state index in [4.69, 9.17) is 34.8 Å². The first-order valence-electron chi connectivity index (χ1n) is 6.10. The van der Waals surface area contributed by atoms with Gasteiger partial charge in [0.2, 0.25) is 0 Å². The first-order chi connectivity index (χ1) is 10.1. The average molecular weight is 422 g/mol. The second-order valence-corrected chi connectivity index (χ2v) is 7.68. The maximum Gasteiger partial charge on any atom is 0.0722 e. The number of fused-ring (bicyclic) bond motifs is 1. The second kappa shape index (κ2) is 6.35. The molecule has 0 aliphatic rings. The number of rotatable bonds is 3. The zero-order chi connectivity index (χ0) is 15.0. The van der Waals surface area contributed by atoms with E-state index >= 15 is 0 Å². The van der Waals surface area contributed by atoms with Crippen molar-refractivity contribution < 1.29 is 0 Å². The van der Waals surface area contributed by atoms with Gasteiger partial charge in [0.1, 0.15) is 0 Å². The number of hydrogen-bond donors (Lipinski definition) is 1. The van der Waals surface area contributed by atoms with E-state index in [0.29, 0.717) is 16.6 Å². The minimum atomic E-state index is 0.576. The van der Waals surface area contributed by atoms with Gasteiger partial charge in [0, 0.05) is 19.4 Å². The van der Waals surface area contributed by atoms with Crippen LogP contribution in [-0.2, 0) is 6.54 Å². The SMILES string of the molecule is Clc1cc(Br)cc(Cl)c1NCc1sc2ccccc2c1Cl. The van der Waals surface area contributed by atoms with Crippen LogP contribution in [0.5, 0.6) is 0 Å². The smallest absolute Gasteiger partial charge is 0.0722 e. The van der Waals surface area contributed by atoms with Crippen LogP contribution in [0.3, 0.4) is 0 Å². The van der Waals surface area contributed by atoms with Gasteiger partial charge in [-0.1, -0.05) is 68.9 Å². The van der Waals surface area contributed by atoms with Crippen LogP contribution in [0.4, 0.5) is 5.69 Å². The Morgan fingerprint density at radius 2 is 1.71 bits per heavy atom. The Morgan fingerprint density at radius 3 is 2.38 bits per heavy atom. The Morgan fingerprint density at radius 1 is 1.05 bits per heavy atom. The Kier molecular flexibility index (Phi) is 4.67. The number of nitrogens with one attached hydrogen (secondary N) is 1. The highest BCUT2D eigenvalue weighted by atomic mass is 79.9. The molecule has 1 N–H and O–H groups in total. The minimum Gasteiger partial charge on any atom is -0.378 e. The summed E-state index contributed by atoms with van der Waals surface area (Å²) in [4.78, 5) is 1.06. The van der Waals surface area contributed by atoms with Crippen LogP contribution in [0.2, 0.25) is 15.1 Å². The van der Waals surface area contributed by atoms with Crippen LogP contribution in [-0.4, -0.2) is 0 Å². The predicted octanol–water partition coefficient (Wildman–Crippen LogP) is 7.24. The molecule has 0 aliphatic heterocycles. The van der Waals surface area contributed by atoms with Crippen molar-refractivity contribution in [2.45, 2.75) is 6.54 Å². The van der Waals surface area contributed by atoms with Crippen molar-refractivity contribution in [1.29, 1.82) is 0 Å². The molecule has 3 aromatic rings. The molecule has 21 heavy (non-hydrogen) atoms. The summed E-state index contributed by atoms with van der Waals surface area (Å²) in [5.41, 5.74) is 0.718. The lowest BCUT2D eigenvalue weighted by molar-refractivity contribution is 1.19. The second-order valence-electron chi connectivity index (χ2n) is 4.43. The van der Waals surface area contributed by atoms with Crippen LogP contribution >= 0.6 is 62.1 Å². The molecule has 1 heterocycles. The van der Waals surface area contributed by atoms with Crippen molar-refractivity contribution in [3.05, 3.63) is 60.8 Å². The van der Waals surface area contributed by atoms with Gasteiger partial charge in [0.05, 0.1) is 27.3 Å². The molecule has 0 spiro atoms. The molecule has 0 saturated carbocycles. The quantitative estimate of drug-likeness (QED) is 0.470. The van der Waals surface area contributed by atoms with E-state index in [9.17, 15) is 0 Å². The number of hydrogen-bond acceptors (Lipinski definition) is 2. The number of halogens is 4. The van der Waals surface area contributed by atoms with Crippen LogP contribution in [0.1, 0.15) is 4.88 Å². The van der Waals surface area contributed by atoms with Gasteiger partial charge in [-0.25, -0.2) is 0 Å². The molecule has 2 aromatic carbocycles. The molecular formula is C15H9BrCl3NS. The van der Waals surface area contributed by atoms with E-state index in [1.165, 1.54) is 4.70 Å². The molecule has 0 saturated heterocycles. The Balaban J connectivity index is 1.89. The normalized spacial score (nSPS) is 11.0. The summed E-state index contributed by atoms with van der Waals surface area (Å²) in [5, 5.41) is 6.28. The van der Waals surface area contributed by atoms with Crippen molar-refractivity contribution >= 4 is 77.8 Å². The molecule has 0 atom stereocenters. The molecule has 0 aliphatic carbocycles. The summed E-state index contributed by atoms with van der Waals surface area (Å²) in [6.07, 6.45) is 0. The van der Waals surface area contributed by atoms with E-state index in [1.807, 2.05) is 30.3 Å². The van der Waals surface area contributed by atoms with Crippen LogP contribution in [0.25, 0.3) is 10.1 Å². The van der Waals surface area contributed by atoms with Gasteiger partial charge >= 0.3 is 0 Å². The third kappa shape index (κ3) is 3.17. The lowest BCUT2D eigenvalue weighted by Gasteiger charge is -2.10. The highest BCUT2D eigenvalue weighted by Gasteiger charge is 2.12. The molecule has 0 bridgehead atoms. The highest BCUT2D eigenvalue weighted by Crippen LogP contribution is 2.38. The minimum absolute atomic E-state index is 0.576. The van der Waals surface area contributed by atoms with E-state index in [0.717, 1.165) is 25.4 Å². The Hall–Kier alpha value is -0.450. The van der Waals surface area contributed by atoms with E-state index in [2.05, 4.69) is 27.3 Å². The third-order valence-electron chi connectivity index (χ3n) is 3.03. The Bertz CT molecular complexity index is 793. The highest BCUT2D eigenvalue weighted by molar-refractivity contribution is 9.10. The molecule has 6 heteroatoms. The molecule has 108 valence electrons. The summed E-state index contributed by atoms with van der Waals surface area (Å²) in [7, 11) is 0. The van der Waals surface area contributed by atoms with Gasteiger partial charge in [-0.2, -0.15) is 0 Å². The monoisotopic (exact) mass is 419 g/mol. The number of thiophene rings is 1. The molecule has 0 radical (unpaired) electrons. The van der Waals surface area contributed by atoms with Crippen molar-refractivity contribution in [2.75, 3.05) is 5.32 Å². The first kappa shape index (κ1) is 15.4. The van der Waals surface area contributed by atoms with Gasteiger partial charge in [-0.05, 0) is 18.2 Å². The van der Waals surface area contributed by atoms with Gasteiger partial charge < -0.3 is 5.32 Å². The maximum atomic E-state index is 6.43. The van der Waals surface area contributed by atoms with Gasteiger partial charge in [0.25, 0.3) is 0 Å². The molecule has 1 aromatic heterocycles. The summed E-state index contributed by atoms with van der Waals surface area (Å²) in [6.45, 7) is 0.583. The zero-order valence-corrected chi connectivity index (χ0v) is 15.3. The summed E-state index contributed by atoms with van der Waals surface area (Å²) >= 11 is 23.9. The standard InChI is InChI=1S/C15H9BrCl3NS/c16-8-5-10(17)15(11(18)6-8)20-7-13-14(19)9-3-1-2-4-12(9)21-13/h1-6,20H,7H2. The van der Waals surface area contributed by atoms with E-state index < -0.39 is 0 Å². The Labute approximate surface area is 150 Å². The van der Waals surface area contributed by atoms with Crippen molar-refractivity contribution in [2.24, 2.45) is 0 Å². The lowest BCUT2D eigenvalue weighted by atomic mass is 10.2. The molecule has 3 rings (SSSR count). The predicted molar refractivity (Wildman–Crippen MR) is 98.3 cm³/mol. The van der Waals surface area contributed by atoms with Gasteiger partial charge in [-0.3, -0.25) is 0 Å². The fraction of sp³-hybridized carbons (Fsp3) is 0.0667. The third-order valence-corrected chi connectivity index (χ3v) is 5.80. The summed E-state index contributed by atoms with van der Waals surface area (Å²) in [6, 6.07) is 11.7. The average Bonchev–Trinajstić information content (AvgIpc) is 2.75. The zero-order valence-electron chi connectivity index (χ0n) is 10.6. The van der Waals surface area contributed by atoms with Crippen LogP contribution in [0, 0.1) is 0 Å². The topological polar surface area (TPSA) is 12.0 Å². The van der Waals surface area contributed by atoms with Gasteiger partial charge in [-0.15, -0.1) is 11.3 Å². The molecule has 1 nitrogen and oxygen atoms in total. The van der Waals surface area contributed by atoms with Crippen molar-refractivity contribution in [3.63, 3.8) is 0 Å². The molecular weight excluding hydrogens is 413 g/mol. The van der Waals surface area contributed by atoms with E-state index in [-0.39, 0.29) is 0 Å². The van der Waals surface area contributed by atoms with Crippen molar-refractivity contribution in [1.82, 2.24) is 0 Å². The molecule has 0 fully saturated rings. The maximum absolute atomic E-state index is 6.43. The summed E-state index contributed by atoms with van der Waals surface area (Å²) in [5.74, 6) is 0. The lowest BCUT2D eigenvalue weighted by Crippen LogP contribution is -1.99. The molecule has 0 amide bonds. The van der Waals surface area contributed by atoms with Gasteiger partial charge in [0.15, 0.2) is 0 Å². The molecule has 0 unspecified atom stereocenters. The number of benzene rings is 2. The summed E-state index contributed by atoms with van der Waals surface area (Å²) < 4.78 is 2.02. The van der Waals surface area contributed by atoms with Crippen LogP contribution in [0.15, 0.2) is 40.9 Å². The largest absolute Gasteiger partial charge is 0.378 e. The number of anilines is 1. The van der Waals surface area contributed by atoms with Crippen molar-refractivity contribution in [3.8, 4) is 0 Å².